The van der Waals surface area contributed by atoms with E-state index in [1.165, 1.54) is 57.1 Å². The molecule has 1 aliphatic carbocycles. The van der Waals surface area contributed by atoms with Gasteiger partial charge in [-0.25, -0.2) is 0 Å². The second-order valence-electron chi connectivity index (χ2n) is 9.08. The van der Waals surface area contributed by atoms with Crippen molar-refractivity contribution in [2.45, 2.75) is 89.2 Å². The molecule has 0 radical (unpaired) electrons. The Morgan fingerprint density at radius 2 is 1.54 bits per heavy atom. The van der Waals surface area contributed by atoms with E-state index in [0.29, 0.717) is 0 Å². The molecule has 0 spiro atoms. The average molecular weight is 413 g/mol. The lowest BCUT2D eigenvalue weighted by molar-refractivity contribution is -0.274. The van der Waals surface area contributed by atoms with Crippen LogP contribution in [0, 0.1) is 17.8 Å². The van der Waals surface area contributed by atoms with E-state index < -0.39 is 6.36 Å². The molecule has 5 heteroatoms. The van der Waals surface area contributed by atoms with Crippen molar-refractivity contribution in [2.75, 3.05) is 0 Å². The van der Waals surface area contributed by atoms with Crippen LogP contribution in [-0.2, 0) is 6.42 Å². The summed E-state index contributed by atoms with van der Waals surface area (Å²) in [5.41, 5.74) is 1.11. The maximum atomic E-state index is 12.2. The second-order valence-corrected chi connectivity index (χ2v) is 12.5. The lowest BCUT2D eigenvalue weighted by Gasteiger charge is -2.37. The highest BCUT2D eigenvalue weighted by molar-refractivity contribution is 6.58. The van der Waals surface area contributed by atoms with Crippen molar-refractivity contribution in [3.63, 3.8) is 0 Å². The normalized spacial score (nSPS) is 28.9. The maximum Gasteiger partial charge on any atom is 0.573 e. The quantitative estimate of drug-likeness (QED) is 0.425. The van der Waals surface area contributed by atoms with Gasteiger partial charge < -0.3 is 4.74 Å². The largest absolute Gasteiger partial charge is 0.573 e. The van der Waals surface area contributed by atoms with Crippen molar-refractivity contribution < 1.29 is 17.9 Å². The van der Waals surface area contributed by atoms with E-state index in [0.717, 1.165) is 36.2 Å². The van der Waals surface area contributed by atoms with Crippen LogP contribution in [0.2, 0.25) is 18.1 Å². The van der Waals surface area contributed by atoms with Gasteiger partial charge in [0.25, 0.3) is 0 Å². The van der Waals surface area contributed by atoms with Crippen LogP contribution in [0.3, 0.4) is 0 Å². The van der Waals surface area contributed by atoms with Crippen LogP contribution >= 0.6 is 0 Å². The first-order valence-electron chi connectivity index (χ1n) is 11.3. The highest BCUT2D eigenvalue weighted by atomic mass is 28.3. The predicted octanol–water partition coefficient (Wildman–Crippen LogP) is 7.37. The van der Waals surface area contributed by atoms with Crippen LogP contribution in [0.5, 0.6) is 5.75 Å². The summed E-state index contributed by atoms with van der Waals surface area (Å²) in [6.45, 7) is 2.34. The zero-order valence-electron chi connectivity index (χ0n) is 17.1. The zero-order valence-corrected chi connectivity index (χ0v) is 18.3. The number of aryl methyl sites for hydroxylation is 1. The van der Waals surface area contributed by atoms with E-state index in [9.17, 15) is 13.2 Å². The van der Waals surface area contributed by atoms with Crippen LogP contribution in [-0.4, -0.2) is 15.2 Å². The molecule has 0 atom stereocenters. The first kappa shape index (κ1) is 21.7. The molecule has 1 aromatic carbocycles. The number of hydrogen-bond donors (Lipinski definition) is 0. The molecule has 1 saturated carbocycles. The molecule has 0 bridgehead atoms. The highest BCUT2D eigenvalue weighted by Crippen LogP contribution is 2.41. The third-order valence-corrected chi connectivity index (χ3v) is 10.8. The molecule has 0 N–H and O–H groups in total. The molecule has 158 valence electrons. The van der Waals surface area contributed by atoms with Crippen LogP contribution < -0.4 is 4.74 Å². The van der Waals surface area contributed by atoms with Crippen LogP contribution in [0.25, 0.3) is 0 Å². The van der Waals surface area contributed by atoms with Gasteiger partial charge >= 0.3 is 6.36 Å². The van der Waals surface area contributed by atoms with Crippen molar-refractivity contribution >= 4 is 8.80 Å². The summed E-state index contributed by atoms with van der Waals surface area (Å²) >= 11 is 0. The van der Waals surface area contributed by atoms with Crippen LogP contribution in [0.4, 0.5) is 13.2 Å². The molecular formula is C23H35F3OSi. The predicted molar refractivity (Wildman–Crippen MR) is 111 cm³/mol. The number of halogens is 3. The number of alkyl halides is 3. The van der Waals surface area contributed by atoms with Gasteiger partial charge in [0.15, 0.2) is 0 Å². The number of ether oxygens (including phenoxy) is 1. The van der Waals surface area contributed by atoms with E-state index >= 15 is 0 Å². The van der Waals surface area contributed by atoms with Gasteiger partial charge in [-0.3, -0.25) is 0 Å². The highest BCUT2D eigenvalue weighted by Gasteiger charge is 2.32. The molecule has 1 aromatic rings. The molecular weight excluding hydrogens is 377 g/mol. The van der Waals surface area contributed by atoms with Gasteiger partial charge in [-0.2, -0.15) is 0 Å². The smallest absolute Gasteiger partial charge is 0.406 e. The number of benzene rings is 1. The van der Waals surface area contributed by atoms with Crippen molar-refractivity contribution in [2.24, 2.45) is 17.8 Å². The van der Waals surface area contributed by atoms with Crippen LogP contribution in [0.1, 0.15) is 63.9 Å². The monoisotopic (exact) mass is 412 g/mol. The van der Waals surface area contributed by atoms with Gasteiger partial charge in [0, 0.05) is 8.80 Å². The van der Waals surface area contributed by atoms with Gasteiger partial charge in [0.2, 0.25) is 0 Å². The Morgan fingerprint density at radius 1 is 0.929 bits per heavy atom. The molecule has 3 rings (SSSR count). The topological polar surface area (TPSA) is 9.23 Å². The van der Waals surface area contributed by atoms with Gasteiger partial charge in [0.1, 0.15) is 5.75 Å². The van der Waals surface area contributed by atoms with Crippen molar-refractivity contribution in [1.82, 2.24) is 0 Å². The van der Waals surface area contributed by atoms with Gasteiger partial charge in [-0.1, -0.05) is 69.3 Å². The summed E-state index contributed by atoms with van der Waals surface area (Å²) < 4.78 is 40.6. The Hall–Kier alpha value is -0.973. The Morgan fingerprint density at radius 3 is 2.11 bits per heavy atom. The summed E-state index contributed by atoms with van der Waals surface area (Å²) in [6, 6.07) is 11.1. The van der Waals surface area contributed by atoms with Crippen molar-refractivity contribution in [3.8, 4) is 5.75 Å². The third kappa shape index (κ3) is 6.82. The Kier molecular flexibility index (Phi) is 7.90. The molecule has 1 nitrogen and oxygen atoms in total. The molecule has 0 unspecified atom stereocenters. The molecule has 0 amide bonds. The second kappa shape index (κ2) is 10.2. The number of hydrogen-bond acceptors (Lipinski definition) is 1. The molecule has 28 heavy (non-hydrogen) atoms. The molecule has 1 aliphatic heterocycles. The van der Waals surface area contributed by atoms with Crippen molar-refractivity contribution in [3.05, 3.63) is 29.8 Å². The average Bonchev–Trinajstić information content (AvgIpc) is 2.68. The summed E-state index contributed by atoms with van der Waals surface area (Å²) in [5.74, 6) is 2.62. The lowest BCUT2D eigenvalue weighted by Crippen LogP contribution is -2.28. The zero-order chi connectivity index (χ0) is 20.0. The summed E-state index contributed by atoms with van der Waals surface area (Å²) in [6.07, 6.45) is 7.39. The minimum atomic E-state index is -4.61. The summed E-state index contributed by atoms with van der Waals surface area (Å²) in [5, 5.41) is 0. The molecule has 1 saturated heterocycles. The third-order valence-electron chi connectivity index (χ3n) is 7.14. The minimum Gasteiger partial charge on any atom is -0.406 e. The first-order chi connectivity index (χ1) is 13.4. The van der Waals surface area contributed by atoms with E-state index in [-0.39, 0.29) is 14.5 Å². The van der Waals surface area contributed by atoms with Gasteiger partial charge in [0.05, 0.1) is 0 Å². The maximum absolute atomic E-state index is 12.2. The SMILES string of the molecule is CCC[SiH]1CCC(C2CCC(CCc3ccc(OC(F)(F)F)cc3)CC2)CC1. The molecule has 1 heterocycles. The van der Waals surface area contributed by atoms with E-state index in [2.05, 4.69) is 11.7 Å². The van der Waals surface area contributed by atoms with Crippen LogP contribution in [0.15, 0.2) is 24.3 Å². The Balaban J connectivity index is 1.36. The fourth-order valence-electron chi connectivity index (χ4n) is 5.53. The van der Waals surface area contributed by atoms with Gasteiger partial charge in [-0.15, -0.1) is 13.2 Å². The molecule has 2 fully saturated rings. The number of rotatable bonds is 7. The van der Waals surface area contributed by atoms with E-state index in [1.54, 1.807) is 30.3 Å². The molecule has 2 aliphatic rings. The van der Waals surface area contributed by atoms with Crippen molar-refractivity contribution in [1.29, 1.82) is 0 Å². The first-order valence-corrected chi connectivity index (χ1v) is 13.7. The summed E-state index contributed by atoms with van der Waals surface area (Å²) in [7, 11) is -0.365. The Labute approximate surface area is 169 Å². The van der Waals surface area contributed by atoms with Gasteiger partial charge in [-0.05, 0) is 61.1 Å². The summed E-state index contributed by atoms with van der Waals surface area (Å²) in [4.78, 5) is 0. The fraction of sp³-hybridized carbons (Fsp3) is 0.739. The fourth-order valence-corrected chi connectivity index (χ4v) is 9.02. The Bertz CT molecular complexity index is 571. The molecule has 0 aromatic heterocycles. The minimum absolute atomic E-state index is 0.131. The standard InChI is InChI=1S/C23H35F3OSi/c1-2-15-28-16-13-21(14-17-28)20-9-5-18(6-10-20)3-4-19-7-11-22(12-8-19)27-23(24,25)26/h7-8,11-12,18,20-21,28H,2-6,9-10,13-17H2,1H3. The lowest BCUT2D eigenvalue weighted by atomic mass is 9.73. The van der Waals surface area contributed by atoms with E-state index in [1.807, 2.05) is 0 Å². The van der Waals surface area contributed by atoms with E-state index in [4.69, 9.17) is 0 Å².